The zero-order valence-electron chi connectivity index (χ0n) is 19.7. The van der Waals surface area contributed by atoms with Crippen LogP contribution in [0.3, 0.4) is 0 Å². The highest BCUT2D eigenvalue weighted by Gasteiger charge is 2.91. The standard InChI is InChI=1S/C27H37NO2/c1-15-8-9-16-12-26-14-27-18(16)19(15)30-21(27)23(5)10-11-25(27,20(26)28(26)7)13-17(23)24(6,29)22(2,3)4/h8-9,17,20-21,29H,10-14H2,1-7H3/t17?,20-,21?,23?,24?,25?,26?,27-,28-/m0/s1. The van der Waals surface area contributed by atoms with Crippen LogP contribution in [0.25, 0.3) is 0 Å². The van der Waals surface area contributed by atoms with Crippen LogP contribution in [0.2, 0.25) is 0 Å². The zero-order valence-corrected chi connectivity index (χ0v) is 19.7. The first-order valence-corrected chi connectivity index (χ1v) is 12.1. The van der Waals surface area contributed by atoms with E-state index in [1.165, 1.54) is 37.0 Å². The second-order valence-electron chi connectivity index (χ2n) is 13.5. The van der Waals surface area contributed by atoms with Crippen molar-refractivity contribution < 1.29 is 9.84 Å². The van der Waals surface area contributed by atoms with E-state index in [4.69, 9.17) is 4.74 Å². The molecule has 162 valence electrons. The Bertz CT molecular complexity index is 1020. The Morgan fingerprint density at radius 3 is 2.60 bits per heavy atom. The van der Waals surface area contributed by atoms with E-state index >= 15 is 0 Å². The van der Waals surface area contributed by atoms with Crippen LogP contribution in [-0.2, 0) is 11.8 Å². The first-order chi connectivity index (χ1) is 13.9. The van der Waals surface area contributed by atoms with Crippen molar-refractivity contribution in [1.82, 2.24) is 4.90 Å². The first-order valence-electron chi connectivity index (χ1n) is 12.1. The second-order valence-corrected chi connectivity index (χ2v) is 13.5. The molecule has 2 aliphatic heterocycles. The fraction of sp³-hybridized carbons (Fsp3) is 0.778. The van der Waals surface area contributed by atoms with E-state index in [-0.39, 0.29) is 33.7 Å². The summed E-state index contributed by atoms with van der Waals surface area (Å²) in [6.45, 7) is 13.5. The molecule has 9 atom stereocenters. The molecule has 6 unspecified atom stereocenters. The van der Waals surface area contributed by atoms with Gasteiger partial charge in [0.1, 0.15) is 11.9 Å². The van der Waals surface area contributed by atoms with Crippen LogP contribution in [0.15, 0.2) is 12.1 Å². The quantitative estimate of drug-likeness (QED) is 0.690. The number of hydrogen-bond acceptors (Lipinski definition) is 3. The number of likely N-dealkylation sites (N-methyl/N-ethyl adjacent to an activating group) is 1. The maximum atomic E-state index is 12.0. The topological polar surface area (TPSA) is 32.5 Å². The number of ether oxygens (including phenoxy) is 1. The molecule has 7 aliphatic rings. The molecule has 1 aromatic rings. The lowest BCUT2D eigenvalue weighted by molar-refractivity contribution is -0.246. The summed E-state index contributed by atoms with van der Waals surface area (Å²) in [5.41, 5.74) is 4.34. The molecule has 4 saturated carbocycles. The molecule has 8 rings (SSSR count). The Hall–Kier alpha value is -1.06. The van der Waals surface area contributed by atoms with Crippen molar-refractivity contribution in [2.75, 3.05) is 7.05 Å². The lowest BCUT2D eigenvalue weighted by Gasteiger charge is -2.70. The van der Waals surface area contributed by atoms with E-state index in [1.54, 1.807) is 11.1 Å². The van der Waals surface area contributed by atoms with Crippen LogP contribution in [0.5, 0.6) is 5.75 Å². The van der Waals surface area contributed by atoms with Crippen molar-refractivity contribution in [1.29, 1.82) is 0 Å². The fourth-order valence-corrected chi connectivity index (χ4v) is 10.1. The molecule has 1 saturated heterocycles. The van der Waals surface area contributed by atoms with Gasteiger partial charge in [0, 0.05) is 33.4 Å². The normalized spacial score (nSPS) is 53.1. The fourth-order valence-electron chi connectivity index (χ4n) is 10.1. The van der Waals surface area contributed by atoms with Crippen LogP contribution in [-0.4, -0.2) is 40.3 Å². The molecule has 30 heavy (non-hydrogen) atoms. The third kappa shape index (κ3) is 1.47. The van der Waals surface area contributed by atoms with Gasteiger partial charge in [0.05, 0.1) is 5.60 Å². The molecule has 1 aromatic carbocycles. The van der Waals surface area contributed by atoms with E-state index < -0.39 is 5.60 Å². The lowest BCUT2D eigenvalue weighted by Crippen LogP contribution is -2.73. The van der Waals surface area contributed by atoms with Crippen LogP contribution >= 0.6 is 0 Å². The molecular weight excluding hydrogens is 370 g/mol. The summed E-state index contributed by atoms with van der Waals surface area (Å²) in [5.74, 6) is 1.47. The van der Waals surface area contributed by atoms with Gasteiger partial charge in [0.25, 0.3) is 0 Å². The average Bonchev–Trinajstić information content (AvgIpc) is 2.98. The summed E-state index contributed by atoms with van der Waals surface area (Å²) in [5, 5.41) is 12.0. The third-order valence-corrected chi connectivity index (χ3v) is 11.9. The van der Waals surface area contributed by atoms with Gasteiger partial charge < -0.3 is 9.84 Å². The Morgan fingerprint density at radius 2 is 1.90 bits per heavy atom. The highest BCUT2D eigenvalue weighted by Crippen LogP contribution is 2.86. The molecule has 0 amide bonds. The number of aryl methyl sites for hydroxylation is 1. The molecule has 0 radical (unpaired) electrons. The van der Waals surface area contributed by atoms with Gasteiger partial charge in [-0.2, -0.15) is 0 Å². The largest absolute Gasteiger partial charge is 0.488 e. The van der Waals surface area contributed by atoms with Gasteiger partial charge in [0.15, 0.2) is 0 Å². The minimum absolute atomic E-state index is 0.00907. The number of nitrogens with zero attached hydrogens (tertiary/aromatic N) is 1. The van der Waals surface area contributed by atoms with Gasteiger partial charge in [-0.25, -0.2) is 0 Å². The molecule has 3 nitrogen and oxygen atoms in total. The summed E-state index contributed by atoms with van der Waals surface area (Å²) < 4.78 is 7.09. The van der Waals surface area contributed by atoms with Crippen molar-refractivity contribution in [2.45, 2.75) is 102 Å². The number of benzene rings is 1. The molecule has 1 N–H and O–H groups in total. The number of likely N-dealkylation sites (tertiary alicyclic amines) is 1. The summed E-state index contributed by atoms with van der Waals surface area (Å²) in [4.78, 5) is 2.72. The summed E-state index contributed by atoms with van der Waals surface area (Å²) >= 11 is 0. The molecule has 3 heteroatoms. The van der Waals surface area contributed by atoms with E-state index in [1.807, 2.05) is 0 Å². The second kappa shape index (κ2) is 4.53. The molecular formula is C27H37NO2. The molecule has 0 aromatic heterocycles. The predicted octanol–water partition coefficient (Wildman–Crippen LogP) is 4.61. The first kappa shape index (κ1) is 18.5. The van der Waals surface area contributed by atoms with E-state index in [0.717, 1.165) is 6.42 Å². The Labute approximate surface area is 181 Å². The van der Waals surface area contributed by atoms with Crippen molar-refractivity contribution >= 4 is 0 Å². The van der Waals surface area contributed by atoms with Crippen molar-refractivity contribution in [3.63, 3.8) is 0 Å². The maximum Gasteiger partial charge on any atom is 0.126 e. The van der Waals surface area contributed by atoms with Gasteiger partial charge in [-0.05, 0) is 75.5 Å². The average molecular weight is 408 g/mol. The van der Waals surface area contributed by atoms with E-state index in [9.17, 15) is 5.11 Å². The number of rotatable bonds is 1. The molecule has 2 heterocycles. The predicted molar refractivity (Wildman–Crippen MR) is 118 cm³/mol. The van der Waals surface area contributed by atoms with Crippen molar-refractivity contribution in [3.8, 4) is 5.75 Å². The number of fused-ring (bicyclic) bond motifs is 2. The summed E-state index contributed by atoms with van der Waals surface area (Å²) in [7, 11) is 2.37. The lowest BCUT2D eigenvalue weighted by atomic mass is 9.35. The smallest absolute Gasteiger partial charge is 0.126 e. The monoisotopic (exact) mass is 407 g/mol. The Morgan fingerprint density at radius 1 is 1.17 bits per heavy atom. The molecule has 4 bridgehead atoms. The minimum Gasteiger partial charge on any atom is -0.488 e. The van der Waals surface area contributed by atoms with Gasteiger partial charge in [-0.1, -0.05) is 39.8 Å². The molecule has 3 spiro atoms. The summed E-state index contributed by atoms with van der Waals surface area (Å²) in [6.07, 6.45) is 6.29. The Balaban J connectivity index is 1.52. The van der Waals surface area contributed by atoms with E-state index in [2.05, 4.69) is 65.6 Å². The van der Waals surface area contributed by atoms with Crippen molar-refractivity contribution in [2.24, 2.45) is 22.2 Å². The zero-order chi connectivity index (χ0) is 21.3. The van der Waals surface area contributed by atoms with Gasteiger partial charge in [0.2, 0.25) is 0 Å². The van der Waals surface area contributed by atoms with E-state index in [0.29, 0.717) is 11.6 Å². The Kier molecular flexibility index (Phi) is 2.79. The minimum atomic E-state index is -0.718. The van der Waals surface area contributed by atoms with Crippen LogP contribution in [0, 0.1) is 29.1 Å². The highest BCUT2D eigenvalue weighted by molar-refractivity contribution is 5.65. The third-order valence-electron chi connectivity index (χ3n) is 11.9. The van der Waals surface area contributed by atoms with Gasteiger partial charge in [-0.15, -0.1) is 0 Å². The van der Waals surface area contributed by atoms with Crippen LogP contribution in [0.4, 0.5) is 0 Å². The maximum absolute atomic E-state index is 12.0. The number of piperidine rings is 1. The SMILES string of the molecule is Cc1ccc2c3c1OC1C4(C)CCC5(CC4C(C)(O)C(C)(C)C)[C@@H]4[N@](C)C4(C2)C[C@]315. The van der Waals surface area contributed by atoms with Gasteiger partial charge in [-0.3, -0.25) is 4.90 Å². The van der Waals surface area contributed by atoms with Crippen LogP contribution < -0.4 is 4.74 Å². The highest BCUT2D eigenvalue weighted by atomic mass is 16.5. The molecule has 5 fully saturated rings. The van der Waals surface area contributed by atoms with Crippen molar-refractivity contribution in [3.05, 3.63) is 28.8 Å². The van der Waals surface area contributed by atoms with Gasteiger partial charge >= 0.3 is 0 Å². The number of aliphatic hydroxyl groups is 1. The molecule has 5 aliphatic carbocycles. The number of hydrogen-bond donors (Lipinski definition) is 1. The summed E-state index contributed by atoms with van der Waals surface area (Å²) in [6, 6.07) is 5.36. The van der Waals surface area contributed by atoms with Crippen LogP contribution in [0.1, 0.15) is 77.0 Å².